The summed E-state index contributed by atoms with van der Waals surface area (Å²) in [5, 5.41) is 20.6. The molecule has 3 heteroatoms. The topological polar surface area (TPSA) is 40.5 Å². The van der Waals surface area contributed by atoms with Crippen molar-refractivity contribution in [1.29, 1.82) is 0 Å². The lowest BCUT2D eigenvalue weighted by molar-refractivity contribution is 0.222. The van der Waals surface area contributed by atoms with Gasteiger partial charge in [0.1, 0.15) is 0 Å². The second-order valence-corrected chi connectivity index (χ2v) is 15.7. The van der Waals surface area contributed by atoms with E-state index in [4.69, 9.17) is 0 Å². The molecule has 0 fully saturated rings. The largest absolute Gasteiger partial charge is 0.488 e. The molecule has 258 valence electrons. The van der Waals surface area contributed by atoms with E-state index in [-0.39, 0.29) is 10.8 Å². The molecule has 2 nitrogen and oxygen atoms in total. The molecule has 0 amide bonds. The molecule has 0 saturated heterocycles. The Balaban J connectivity index is 1.59. The Hall–Kier alpha value is -3.14. The van der Waals surface area contributed by atoms with E-state index in [9.17, 15) is 10.0 Å². The predicted molar refractivity (Wildman–Crippen MR) is 210 cm³/mol. The molecule has 0 aromatic heterocycles. The number of rotatable bonds is 14. The number of fused-ring (bicyclic) bond motifs is 6. The highest BCUT2D eigenvalue weighted by atomic mass is 16.4. The molecule has 2 N–H and O–H groups in total. The normalized spacial score (nSPS) is 21.3. The van der Waals surface area contributed by atoms with Gasteiger partial charge in [0.25, 0.3) is 0 Å². The Kier molecular flexibility index (Phi) is 10.4. The van der Waals surface area contributed by atoms with E-state index in [1.807, 2.05) is 6.07 Å². The minimum absolute atomic E-state index is 0.0164. The van der Waals surface area contributed by atoms with Gasteiger partial charge in [-0.1, -0.05) is 148 Å². The van der Waals surface area contributed by atoms with E-state index in [2.05, 4.69) is 128 Å². The molecule has 0 saturated carbocycles. The Morgan fingerprint density at radius 2 is 0.837 bits per heavy atom. The first-order valence-corrected chi connectivity index (χ1v) is 19.5. The van der Waals surface area contributed by atoms with Crippen molar-refractivity contribution < 1.29 is 10.0 Å². The fourth-order valence-electron chi connectivity index (χ4n) is 11.0. The van der Waals surface area contributed by atoms with E-state index >= 15 is 0 Å². The van der Waals surface area contributed by atoms with Crippen molar-refractivity contribution in [2.75, 3.05) is 0 Å². The second kappa shape index (κ2) is 14.2. The van der Waals surface area contributed by atoms with Crippen LogP contribution < -0.4 is 5.46 Å². The van der Waals surface area contributed by atoms with Crippen LogP contribution in [0.25, 0.3) is 33.4 Å². The molecule has 0 radical (unpaired) electrons. The maximum absolute atomic E-state index is 10.3. The fourth-order valence-corrected chi connectivity index (χ4v) is 11.0. The molecule has 0 heterocycles. The third kappa shape index (κ3) is 5.46. The molecule has 2 aliphatic rings. The van der Waals surface area contributed by atoms with Crippen LogP contribution in [0, 0.1) is 23.7 Å². The minimum atomic E-state index is -1.48. The van der Waals surface area contributed by atoms with Gasteiger partial charge in [-0.3, -0.25) is 0 Å². The average molecular weight is 655 g/mol. The van der Waals surface area contributed by atoms with Crippen LogP contribution in [0.5, 0.6) is 0 Å². The van der Waals surface area contributed by atoms with Gasteiger partial charge in [-0.2, -0.15) is 0 Å². The van der Waals surface area contributed by atoms with E-state index in [1.54, 1.807) is 0 Å². The van der Waals surface area contributed by atoms with E-state index in [0.717, 1.165) is 25.7 Å². The summed E-state index contributed by atoms with van der Waals surface area (Å²) in [6.07, 6.45) is 9.27. The summed E-state index contributed by atoms with van der Waals surface area (Å²) in [4.78, 5) is 0. The molecule has 2 aliphatic carbocycles. The lowest BCUT2D eigenvalue weighted by Gasteiger charge is -2.44. The van der Waals surface area contributed by atoms with Crippen molar-refractivity contribution in [2.24, 2.45) is 23.7 Å². The van der Waals surface area contributed by atoms with Gasteiger partial charge in [0.2, 0.25) is 0 Å². The molecular weight excluding hydrogens is 595 g/mol. The maximum Gasteiger partial charge on any atom is 0.488 e. The Morgan fingerprint density at radius 1 is 0.469 bits per heavy atom. The smallest absolute Gasteiger partial charge is 0.423 e. The van der Waals surface area contributed by atoms with Crippen LogP contribution >= 0.6 is 0 Å². The quantitative estimate of drug-likeness (QED) is 0.133. The molecule has 49 heavy (non-hydrogen) atoms. The van der Waals surface area contributed by atoms with Crippen molar-refractivity contribution in [1.82, 2.24) is 0 Å². The second-order valence-electron chi connectivity index (χ2n) is 15.7. The highest BCUT2D eigenvalue weighted by Gasteiger charge is 2.51. The van der Waals surface area contributed by atoms with Gasteiger partial charge in [-0.25, -0.2) is 0 Å². The van der Waals surface area contributed by atoms with Gasteiger partial charge in [0, 0.05) is 10.8 Å². The number of benzene rings is 4. The lowest BCUT2D eigenvalue weighted by atomic mass is 9.59. The Labute approximate surface area is 297 Å². The van der Waals surface area contributed by atoms with Gasteiger partial charge < -0.3 is 10.0 Å². The Bertz CT molecular complexity index is 1760. The summed E-state index contributed by atoms with van der Waals surface area (Å²) in [5.74, 6) is 1.85. The predicted octanol–water partition coefficient (Wildman–Crippen LogP) is 11.3. The standard InChI is InChI=1S/C46H59BO2/c1-9-15-30(5)45(31(6)16-10-2)41-20-14-13-19-37(41)38-24-21-34(27-42(38)45)35-22-25-39-40-26-23-36(47(48)49)29-44(40)46(43(39)28-35,32(7)17-11-3)33(8)18-12-4/h13-14,19-33,48-49H,9-12,15-18H2,1-8H3. The first kappa shape index (κ1) is 35.7. The maximum atomic E-state index is 10.3. The van der Waals surface area contributed by atoms with Crippen molar-refractivity contribution in [3.8, 4) is 33.4 Å². The van der Waals surface area contributed by atoms with Crippen LogP contribution in [0.4, 0.5) is 0 Å². The number of hydrogen-bond acceptors (Lipinski definition) is 2. The van der Waals surface area contributed by atoms with Crippen LogP contribution in [0.15, 0.2) is 78.9 Å². The van der Waals surface area contributed by atoms with Gasteiger partial charge in [0.05, 0.1) is 0 Å². The zero-order valence-electron chi connectivity index (χ0n) is 31.4. The zero-order chi connectivity index (χ0) is 35.1. The van der Waals surface area contributed by atoms with Crippen LogP contribution in [-0.4, -0.2) is 17.2 Å². The highest BCUT2D eigenvalue weighted by Crippen LogP contribution is 2.61. The summed E-state index contributed by atoms with van der Waals surface area (Å²) >= 11 is 0. The average Bonchev–Trinajstić information content (AvgIpc) is 3.56. The zero-order valence-corrected chi connectivity index (χ0v) is 31.4. The summed E-state index contributed by atoms with van der Waals surface area (Å²) in [6.45, 7) is 19.2. The first-order chi connectivity index (χ1) is 23.6. The van der Waals surface area contributed by atoms with Crippen molar-refractivity contribution >= 4 is 12.6 Å². The molecule has 0 bridgehead atoms. The molecule has 0 spiro atoms. The van der Waals surface area contributed by atoms with Crippen molar-refractivity contribution in [3.05, 3.63) is 101 Å². The van der Waals surface area contributed by atoms with Gasteiger partial charge in [-0.15, -0.1) is 0 Å². The fraction of sp³-hybridized carbons (Fsp3) is 0.478. The molecule has 4 atom stereocenters. The van der Waals surface area contributed by atoms with Gasteiger partial charge in [-0.05, 0) is 123 Å². The van der Waals surface area contributed by atoms with E-state index in [1.165, 1.54) is 81.3 Å². The summed E-state index contributed by atoms with van der Waals surface area (Å²) < 4.78 is 0. The SMILES string of the molecule is CCCC(C)C1(C(C)CCC)c2ccccc2-c2ccc(-c3ccc4c(c3)C(C(C)CCC)(C(C)CCC)c3cc(B(O)O)ccc3-4)cc21. The summed E-state index contributed by atoms with van der Waals surface area (Å²) in [6, 6.07) is 30.0. The monoisotopic (exact) mass is 654 g/mol. The van der Waals surface area contributed by atoms with Crippen LogP contribution in [0.2, 0.25) is 0 Å². The number of hydrogen-bond donors (Lipinski definition) is 2. The molecule has 0 aliphatic heterocycles. The van der Waals surface area contributed by atoms with Gasteiger partial charge >= 0.3 is 7.12 Å². The molecule has 4 aromatic rings. The first-order valence-electron chi connectivity index (χ1n) is 19.5. The van der Waals surface area contributed by atoms with Crippen LogP contribution in [0.3, 0.4) is 0 Å². The lowest BCUT2D eigenvalue weighted by Crippen LogP contribution is -2.41. The molecule has 4 unspecified atom stereocenters. The molecule has 6 rings (SSSR count). The Morgan fingerprint density at radius 3 is 1.27 bits per heavy atom. The van der Waals surface area contributed by atoms with E-state index in [0.29, 0.717) is 29.1 Å². The third-order valence-corrected chi connectivity index (χ3v) is 13.0. The molecule has 4 aromatic carbocycles. The third-order valence-electron chi connectivity index (χ3n) is 13.0. The summed E-state index contributed by atoms with van der Waals surface area (Å²) in [7, 11) is -1.48. The minimum Gasteiger partial charge on any atom is -0.423 e. The van der Waals surface area contributed by atoms with Crippen LogP contribution in [-0.2, 0) is 10.8 Å². The summed E-state index contributed by atoms with van der Waals surface area (Å²) in [5.41, 5.74) is 14.1. The van der Waals surface area contributed by atoms with E-state index < -0.39 is 7.12 Å². The van der Waals surface area contributed by atoms with Gasteiger partial charge in [0.15, 0.2) is 0 Å². The van der Waals surface area contributed by atoms with Crippen molar-refractivity contribution in [3.63, 3.8) is 0 Å². The molecular formula is C46H59BO2. The van der Waals surface area contributed by atoms with Crippen LogP contribution in [0.1, 0.15) is 129 Å². The highest BCUT2D eigenvalue weighted by molar-refractivity contribution is 6.58. The van der Waals surface area contributed by atoms with Crippen molar-refractivity contribution in [2.45, 2.75) is 118 Å².